The van der Waals surface area contributed by atoms with Crippen LogP contribution in [0.2, 0.25) is 0 Å². The van der Waals surface area contributed by atoms with E-state index in [2.05, 4.69) is 20.4 Å². The molecule has 0 aliphatic heterocycles. The molecular weight excluding hydrogens is 340 g/mol. The second-order valence-corrected chi connectivity index (χ2v) is 6.30. The van der Waals surface area contributed by atoms with Gasteiger partial charge in [0.25, 0.3) is 0 Å². The lowest BCUT2D eigenvalue weighted by Gasteiger charge is -2.13. The molecule has 0 bridgehead atoms. The highest BCUT2D eigenvalue weighted by Crippen LogP contribution is 2.38. The lowest BCUT2D eigenvalue weighted by molar-refractivity contribution is 0.393. The molecule has 0 aliphatic carbocycles. The summed E-state index contributed by atoms with van der Waals surface area (Å²) in [5.74, 6) is 1.51. The van der Waals surface area contributed by atoms with Crippen LogP contribution < -0.4 is 10.1 Å². The van der Waals surface area contributed by atoms with Crippen molar-refractivity contribution in [3.63, 3.8) is 0 Å². The zero-order valence-corrected chi connectivity index (χ0v) is 15.5. The van der Waals surface area contributed by atoms with Gasteiger partial charge in [0.05, 0.1) is 36.1 Å². The summed E-state index contributed by atoms with van der Waals surface area (Å²) >= 11 is 0. The third-order valence-electron chi connectivity index (χ3n) is 4.55. The van der Waals surface area contributed by atoms with Crippen LogP contribution in [0.4, 0.5) is 5.69 Å². The normalized spacial score (nSPS) is 10.9. The molecule has 0 saturated heterocycles. The summed E-state index contributed by atoms with van der Waals surface area (Å²) in [6, 6.07) is 11.9. The van der Waals surface area contributed by atoms with Crippen LogP contribution in [0.5, 0.6) is 5.75 Å². The molecule has 0 aliphatic rings. The Morgan fingerprint density at radius 3 is 2.67 bits per heavy atom. The van der Waals surface area contributed by atoms with Crippen LogP contribution in [0.3, 0.4) is 0 Å². The molecular formula is C21H20N4O2. The smallest absolute Gasteiger partial charge is 0.141 e. The number of rotatable bonds is 5. The van der Waals surface area contributed by atoms with Gasteiger partial charge in [-0.05, 0) is 44.2 Å². The maximum Gasteiger partial charge on any atom is 0.141 e. The second-order valence-electron chi connectivity index (χ2n) is 6.30. The predicted octanol–water partition coefficient (Wildman–Crippen LogP) is 4.52. The Labute approximate surface area is 157 Å². The van der Waals surface area contributed by atoms with Gasteiger partial charge in [-0.25, -0.2) is 0 Å². The van der Waals surface area contributed by atoms with Crippen molar-refractivity contribution in [2.24, 2.45) is 0 Å². The van der Waals surface area contributed by atoms with E-state index in [4.69, 9.17) is 9.26 Å². The lowest BCUT2D eigenvalue weighted by Crippen LogP contribution is -2.02. The molecule has 3 aromatic heterocycles. The van der Waals surface area contributed by atoms with Gasteiger partial charge in [-0.1, -0.05) is 11.2 Å². The molecule has 0 fully saturated rings. The first-order valence-corrected chi connectivity index (χ1v) is 8.71. The summed E-state index contributed by atoms with van der Waals surface area (Å²) in [6.45, 7) is 4.46. The minimum absolute atomic E-state index is 0.633. The van der Waals surface area contributed by atoms with Crippen LogP contribution in [0.25, 0.3) is 22.0 Å². The molecule has 0 saturated carbocycles. The molecule has 0 atom stereocenters. The molecule has 1 aromatic carbocycles. The van der Waals surface area contributed by atoms with Gasteiger partial charge < -0.3 is 14.6 Å². The van der Waals surface area contributed by atoms with Gasteiger partial charge >= 0.3 is 0 Å². The van der Waals surface area contributed by atoms with Gasteiger partial charge in [0.2, 0.25) is 0 Å². The number of nitrogens with zero attached hydrogens (tertiary/aromatic N) is 3. The average molecular weight is 360 g/mol. The number of anilines is 1. The number of methoxy groups -OCH3 is 1. The first-order valence-electron chi connectivity index (χ1n) is 8.71. The Balaban J connectivity index is 1.78. The molecule has 136 valence electrons. The number of fused-ring (bicyclic) bond motifs is 1. The fourth-order valence-corrected chi connectivity index (χ4v) is 3.25. The van der Waals surface area contributed by atoms with Crippen molar-refractivity contribution in [2.75, 3.05) is 12.4 Å². The molecule has 0 radical (unpaired) electrons. The number of hydrogen-bond acceptors (Lipinski definition) is 6. The van der Waals surface area contributed by atoms with E-state index in [-0.39, 0.29) is 0 Å². The Bertz CT molecular complexity index is 1070. The Hall–Kier alpha value is -3.41. The molecule has 0 amide bonds. The first kappa shape index (κ1) is 17.0. The van der Waals surface area contributed by atoms with Crippen molar-refractivity contribution in [1.82, 2.24) is 15.1 Å². The fourth-order valence-electron chi connectivity index (χ4n) is 3.25. The quantitative estimate of drug-likeness (QED) is 0.564. The first-order chi connectivity index (χ1) is 13.2. The van der Waals surface area contributed by atoms with E-state index in [1.165, 1.54) is 0 Å². The minimum Gasteiger partial charge on any atom is -0.496 e. The third kappa shape index (κ3) is 3.21. The Morgan fingerprint density at radius 2 is 1.96 bits per heavy atom. The highest BCUT2D eigenvalue weighted by atomic mass is 16.5. The van der Waals surface area contributed by atoms with Crippen molar-refractivity contribution in [1.29, 1.82) is 0 Å². The Morgan fingerprint density at radius 1 is 1.07 bits per heavy atom. The maximum absolute atomic E-state index is 5.67. The van der Waals surface area contributed by atoms with E-state index in [0.29, 0.717) is 6.54 Å². The molecule has 6 nitrogen and oxygen atoms in total. The number of aromatic nitrogens is 3. The molecule has 0 spiro atoms. The van der Waals surface area contributed by atoms with Gasteiger partial charge in [-0.15, -0.1) is 0 Å². The van der Waals surface area contributed by atoms with Crippen LogP contribution in [0.15, 0.2) is 53.3 Å². The maximum atomic E-state index is 5.67. The largest absolute Gasteiger partial charge is 0.496 e. The summed E-state index contributed by atoms with van der Waals surface area (Å²) in [5.41, 5.74) is 5.53. The molecule has 3 heterocycles. The van der Waals surface area contributed by atoms with E-state index < -0.39 is 0 Å². The highest BCUT2D eigenvalue weighted by molar-refractivity contribution is 5.96. The number of hydrogen-bond donors (Lipinski definition) is 1. The predicted molar refractivity (Wildman–Crippen MR) is 105 cm³/mol. The molecule has 0 unspecified atom stereocenters. The third-order valence-corrected chi connectivity index (χ3v) is 4.55. The number of ether oxygens (including phenoxy) is 1. The zero-order chi connectivity index (χ0) is 18.8. The fraction of sp³-hybridized carbons (Fsp3) is 0.190. The SMILES string of the molecule is COc1cc2c(NCc3ccccn3)ccnc2cc1-c1c(C)noc1C. The Kier molecular flexibility index (Phi) is 4.46. The van der Waals surface area contributed by atoms with Gasteiger partial charge in [0, 0.05) is 29.0 Å². The highest BCUT2D eigenvalue weighted by Gasteiger charge is 2.18. The standard InChI is InChI=1S/C21H20N4O2/c1-13-21(14(2)27-25-13)17-10-19-16(11-20(17)26-3)18(7-9-23-19)24-12-15-6-4-5-8-22-15/h4-11H,12H2,1-3H3,(H,23,24). The van der Waals surface area contributed by atoms with E-state index >= 15 is 0 Å². The van der Waals surface area contributed by atoms with E-state index in [9.17, 15) is 0 Å². The van der Waals surface area contributed by atoms with Crippen LogP contribution in [0.1, 0.15) is 17.1 Å². The molecule has 6 heteroatoms. The number of aryl methyl sites for hydroxylation is 2. The van der Waals surface area contributed by atoms with E-state index in [1.807, 2.05) is 50.2 Å². The number of benzene rings is 1. The lowest BCUT2D eigenvalue weighted by atomic mass is 10.0. The van der Waals surface area contributed by atoms with Crippen LogP contribution in [0, 0.1) is 13.8 Å². The van der Waals surface area contributed by atoms with Crippen LogP contribution in [-0.2, 0) is 6.54 Å². The zero-order valence-electron chi connectivity index (χ0n) is 15.5. The van der Waals surface area contributed by atoms with Gasteiger partial charge in [-0.2, -0.15) is 0 Å². The average Bonchev–Trinajstić information content (AvgIpc) is 3.04. The number of nitrogens with one attached hydrogen (secondary N) is 1. The van der Waals surface area contributed by atoms with Gasteiger partial charge in [0.15, 0.2) is 0 Å². The molecule has 1 N–H and O–H groups in total. The molecule has 4 aromatic rings. The van der Waals surface area contributed by atoms with Crippen molar-refractivity contribution in [3.8, 4) is 16.9 Å². The molecule has 4 rings (SSSR count). The summed E-state index contributed by atoms with van der Waals surface area (Å²) in [4.78, 5) is 8.89. The topological polar surface area (TPSA) is 73.1 Å². The van der Waals surface area contributed by atoms with Gasteiger partial charge in [-0.3, -0.25) is 9.97 Å². The van der Waals surface area contributed by atoms with Crippen LogP contribution in [-0.4, -0.2) is 22.2 Å². The van der Waals surface area contributed by atoms with Crippen molar-refractivity contribution >= 4 is 16.6 Å². The monoisotopic (exact) mass is 360 g/mol. The van der Waals surface area contributed by atoms with Crippen molar-refractivity contribution in [3.05, 3.63) is 65.9 Å². The van der Waals surface area contributed by atoms with Gasteiger partial charge in [0.1, 0.15) is 11.5 Å². The minimum atomic E-state index is 0.633. The van der Waals surface area contributed by atoms with Crippen molar-refractivity contribution in [2.45, 2.75) is 20.4 Å². The van der Waals surface area contributed by atoms with E-state index in [1.54, 1.807) is 19.5 Å². The summed E-state index contributed by atoms with van der Waals surface area (Å²) in [5, 5.41) is 8.49. The number of pyridine rings is 2. The summed E-state index contributed by atoms with van der Waals surface area (Å²) < 4.78 is 11.0. The van der Waals surface area contributed by atoms with E-state index in [0.717, 1.165) is 50.6 Å². The molecule has 27 heavy (non-hydrogen) atoms. The van der Waals surface area contributed by atoms with Crippen molar-refractivity contribution < 1.29 is 9.26 Å². The second kappa shape index (κ2) is 7.07. The summed E-state index contributed by atoms with van der Waals surface area (Å²) in [7, 11) is 1.67. The van der Waals surface area contributed by atoms with Crippen LogP contribution >= 0.6 is 0 Å². The summed E-state index contributed by atoms with van der Waals surface area (Å²) in [6.07, 6.45) is 3.59.